The van der Waals surface area contributed by atoms with Crippen LogP contribution in [-0.4, -0.2) is 17.3 Å². The van der Waals surface area contributed by atoms with E-state index >= 15 is 0 Å². The fourth-order valence-electron chi connectivity index (χ4n) is 2.47. The van der Waals surface area contributed by atoms with E-state index in [-0.39, 0.29) is 0 Å². The summed E-state index contributed by atoms with van der Waals surface area (Å²) in [7, 11) is 0. The predicted molar refractivity (Wildman–Crippen MR) is 73.3 cm³/mol. The maximum atomic E-state index is 10.7. The van der Waals surface area contributed by atoms with Crippen LogP contribution in [0.15, 0.2) is 30.5 Å². The first-order valence-corrected chi connectivity index (χ1v) is 6.84. The van der Waals surface area contributed by atoms with Gasteiger partial charge in [0.15, 0.2) is 6.29 Å². The lowest BCUT2D eigenvalue weighted by molar-refractivity contribution is 0.112. The molecule has 1 aliphatic heterocycles. The zero-order valence-corrected chi connectivity index (χ0v) is 11.0. The molecule has 3 rings (SSSR count). The summed E-state index contributed by atoms with van der Waals surface area (Å²) < 4.78 is 0. The molecule has 0 N–H and O–H groups in total. The highest BCUT2D eigenvalue weighted by Gasteiger charge is 2.26. The Labute approximate surface area is 110 Å². The Morgan fingerprint density at radius 1 is 1.50 bits per heavy atom. The molecule has 2 heterocycles. The normalized spacial score (nSPS) is 17.8. The summed E-state index contributed by atoms with van der Waals surface area (Å²) in [6.45, 7) is 3.02. The zero-order valence-electron chi connectivity index (χ0n) is 10.2. The van der Waals surface area contributed by atoms with Crippen LogP contribution in [0.2, 0.25) is 0 Å². The van der Waals surface area contributed by atoms with Gasteiger partial charge in [0.25, 0.3) is 0 Å². The molecule has 0 saturated heterocycles. The summed E-state index contributed by atoms with van der Waals surface area (Å²) >= 11 is 1.48. The molecule has 1 aromatic heterocycles. The number of anilines is 1. The Morgan fingerprint density at radius 2 is 2.33 bits per heavy atom. The molecule has 0 amide bonds. The van der Waals surface area contributed by atoms with Gasteiger partial charge in [-0.05, 0) is 25.0 Å². The molecule has 0 bridgehead atoms. The van der Waals surface area contributed by atoms with E-state index < -0.39 is 0 Å². The maximum absolute atomic E-state index is 10.7. The van der Waals surface area contributed by atoms with Crippen LogP contribution in [0.25, 0.3) is 0 Å². The summed E-state index contributed by atoms with van der Waals surface area (Å²) in [5, 5.41) is 1.00. The van der Waals surface area contributed by atoms with E-state index in [0.29, 0.717) is 10.9 Å². The van der Waals surface area contributed by atoms with Crippen LogP contribution in [0.4, 0.5) is 5.69 Å². The average Bonchev–Trinajstić information content (AvgIpc) is 2.96. The summed E-state index contributed by atoms with van der Waals surface area (Å²) in [6.07, 6.45) is 3.60. The van der Waals surface area contributed by atoms with Gasteiger partial charge in [0.1, 0.15) is 5.01 Å². The molecule has 0 fully saturated rings. The molecule has 1 aromatic carbocycles. The molecule has 0 spiro atoms. The molecule has 4 heteroatoms. The van der Waals surface area contributed by atoms with E-state index in [4.69, 9.17) is 0 Å². The number of carbonyl (C=O) groups is 1. The van der Waals surface area contributed by atoms with Crippen molar-refractivity contribution in [1.82, 2.24) is 4.98 Å². The van der Waals surface area contributed by atoms with E-state index in [0.717, 1.165) is 24.3 Å². The largest absolute Gasteiger partial charge is 0.362 e. The van der Waals surface area contributed by atoms with Crippen molar-refractivity contribution in [2.75, 3.05) is 4.90 Å². The number of fused-ring (bicyclic) bond motifs is 1. The van der Waals surface area contributed by atoms with Crippen molar-refractivity contribution in [2.45, 2.75) is 25.9 Å². The molecule has 2 aromatic rings. The molecular weight excluding hydrogens is 244 g/mol. The number of thiazole rings is 1. The number of hydrogen-bond donors (Lipinski definition) is 0. The van der Waals surface area contributed by atoms with Crippen molar-refractivity contribution in [2.24, 2.45) is 0 Å². The number of aromatic nitrogens is 1. The lowest BCUT2D eigenvalue weighted by Gasteiger charge is -2.23. The zero-order chi connectivity index (χ0) is 12.5. The van der Waals surface area contributed by atoms with Gasteiger partial charge in [-0.1, -0.05) is 18.2 Å². The Morgan fingerprint density at radius 3 is 3.11 bits per heavy atom. The van der Waals surface area contributed by atoms with E-state index in [1.807, 2.05) is 0 Å². The monoisotopic (exact) mass is 258 g/mol. The fraction of sp³-hybridized carbons (Fsp3) is 0.286. The second-order valence-electron chi connectivity index (χ2n) is 4.58. The van der Waals surface area contributed by atoms with Gasteiger partial charge in [0.2, 0.25) is 0 Å². The van der Waals surface area contributed by atoms with Crippen molar-refractivity contribution in [3.8, 4) is 0 Å². The smallest absolute Gasteiger partial charge is 0.161 e. The van der Waals surface area contributed by atoms with Crippen molar-refractivity contribution in [3.05, 3.63) is 45.9 Å². The number of carbonyl (C=O) groups excluding carboxylic acids is 1. The van der Waals surface area contributed by atoms with Gasteiger partial charge in [-0.3, -0.25) is 4.79 Å². The topological polar surface area (TPSA) is 33.2 Å². The van der Waals surface area contributed by atoms with Gasteiger partial charge in [0, 0.05) is 17.9 Å². The second kappa shape index (κ2) is 4.53. The molecule has 1 unspecified atom stereocenters. The first kappa shape index (κ1) is 11.4. The molecule has 0 radical (unpaired) electrons. The predicted octanol–water partition coefficient (Wildman–Crippen LogP) is 2.91. The highest BCUT2D eigenvalue weighted by atomic mass is 32.1. The number of aldehydes is 1. The third-order valence-corrected chi connectivity index (χ3v) is 4.25. The molecule has 0 aliphatic carbocycles. The Kier molecular flexibility index (Phi) is 2.88. The number of rotatable bonds is 3. The molecule has 0 saturated carbocycles. The third kappa shape index (κ3) is 1.93. The molecular formula is C14H14N2OS. The van der Waals surface area contributed by atoms with Crippen LogP contribution in [-0.2, 0) is 13.0 Å². The van der Waals surface area contributed by atoms with Gasteiger partial charge >= 0.3 is 0 Å². The first-order chi connectivity index (χ1) is 8.78. The van der Waals surface area contributed by atoms with Gasteiger partial charge < -0.3 is 4.90 Å². The number of benzene rings is 1. The van der Waals surface area contributed by atoms with Crippen LogP contribution in [0.1, 0.15) is 27.2 Å². The second-order valence-corrected chi connectivity index (χ2v) is 5.73. The van der Waals surface area contributed by atoms with Gasteiger partial charge in [-0.2, -0.15) is 0 Å². The van der Waals surface area contributed by atoms with Crippen LogP contribution >= 0.6 is 11.3 Å². The Hall–Kier alpha value is -1.68. The van der Waals surface area contributed by atoms with Crippen LogP contribution in [0.3, 0.4) is 0 Å². The number of para-hydroxylation sites is 1. The highest BCUT2D eigenvalue weighted by molar-refractivity contribution is 7.13. The minimum absolute atomic E-state index is 0.492. The van der Waals surface area contributed by atoms with Crippen molar-refractivity contribution >= 4 is 23.3 Å². The van der Waals surface area contributed by atoms with E-state index in [2.05, 4.69) is 41.1 Å². The fourth-order valence-corrected chi connectivity index (χ4v) is 3.20. The van der Waals surface area contributed by atoms with Crippen molar-refractivity contribution < 1.29 is 4.79 Å². The number of hydrogen-bond acceptors (Lipinski definition) is 4. The van der Waals surface area contributed by atoms with E-state index in [9.17, 15) is 4.79 Å². The molecule has 1 atom stereocenters. The SMILES string of the molecule is CC1Cc2ccccc2N1Cc1ncc(C=O)s1. The minimum atomic E-state index is 0.492. The Balaban J connectivity index is 1.86. The van der Waals surface area contributed by atoms with Crippen LogP contribution in [0.5, 0.6) is 0 Å². The lowest BCUT2D eigenvalue weighted by atomic mass is 10.1. The van der Waals surface area contributed by atoms with Crippen LogP contribution < -0.4 is 4.90 Å². The molecule has 3 nitrogen and oxygen atoms in total. The first-order valence-electron chi connectivity index (χ1n) is 6.02. The number of nitrogens with zero attached hydrogens (tertiary/aromatic N) is 2. The standard InChI is InChI=1S/C14H14N2OS/c1-10-6-11-4-2-3-5-13(11)16(10)8-14-15-7-12(9-17)18-14/h2-5,7,9-10H,6,8H2,1H3. The highest BCUT2D eigenvalue weighted by Crippen LogP contribution is 2.33. The molecule has 1 aliphatic rings. The quantitative estimate of drug-likeness (QED) is 0.794. The molecule has 92 valence electrons. The average molecular weight is 258 g/mol. The summed E-state index contributed by atoms with van der Waals surface area (Å²) in [5.74, 6) is 0. The van der Waals surface area contributed by atoms with Gasteiger partial charge in [-0.25, -0.2) is 4.98 Å². The summed E-state index contributed by atoms with van der Waals surface area (Å²) in [6, 6.07) is 8.99. The summed E-state index contributed by atoms with van der Waals surface area (Å²) in [5.41, 5.74) is 2.70. The van der Waals surface area contributed by atoms with Crippen LogP contribution in [0, 0.1) is 0 Å². The molecule has 18 heavy (non-hydrogen) atoms. The minimum Gasteiger partial charge on any atom is -0.362 e. The Bertz CT molecular complexity index is 579. The van der Waals surface area contributed by atoms with Gasteiger partial charge in [-0.15, -0.1) is 11.3 Å². The van der Waals surface area contributed by atoms with Gasteiger partial charge in [0.05, 0.1) is 11.4 Å². The third-order valence-electron chi connectivity index (χ3n) is 3.34. The van der Waals surface area contributed by atoms with E-state index in [1.165, 1.54) is 22.6 Å². The summed E-state index contributed by atoms with van der Waals surface area (Å²) in [4.78, 5) is 18.0. The van der Waals surface area contributed by atoms with E-state index in [1.54, 1.807) is 6.20 Å². The van der Waals surface area contributed by atoms with Crippen molar-refractivity contribution in [1.29, 1.82) is 0 Å². The van der Waals surface area contributed by atoms with Crippen molar-refractivity contribution in [3.63, 3.8) is 0 Å². The lowest BCUT2D eigenvalue weighted by Crippen LogP contribution is -2.28. The maximum Gasteiger partial charge on any atom is 0.161 e.